The summed E-state index contributed by atoms with van der Waals surface area (Å²) in [5.41, 5.74) is -0.208. The van der Waals surface area contributed by atoms with E-state index in [9.17, 15) is 23.4 Å². The number of esters is 1. The number of carbonyl (C=O) groups is 2. The molecule has 2 unspecified atom stereocenters. The zero-order valence-corrected chi connectivity index (χ0v) is 30.6. The van der Waals surface area contributed by atoms with Crippen LogP contribution in [0.2, 0.25) is 0 Å². The maximum absolute atomic E-state index is 15.6. The van der Waals surface area contributed by atoms with Crippen molar-refractivity contribution >= 4 is 31.3 Å². The van der Waals surface area contributed by atoms with E-state index in [1.54, 1.807) is 36.6 Å². The summed E-state index contributed by atoms with van der Waals surface area (Å²) >= 11 is 1.19. The molecule has 5 aromatic rings. The molecule has 0 fully saturated rings. The number of carbonyl (C=O) groups excluding carboxylic acids is 2. The van der Waals surface area contributed by atoms with Gasteiger partial charge in [0.1, 0.15) is 29.3 Å². The third kappa shape index (κ3) is 10.1. The van der Waals surface area contributed by atoms with Gasteiger partial charge in [-0.05, 0) is 42.0 Å². The minimum absolute atomic E-state index is 0. The first-order chi connectivity index (χ1) is 23.9. The van der Waals surface area contributed by atoms with Gasteiger partial charge in [0, 0.05) is 22.6 Å². The van der Waals surface area contributed by atoms with Gasteiger partial charge in [0.25, 0.3) is 7.82 Å². The van der Waals surface area contributed by atoms with E-state index in [1.165, 1.54) is 52.9 Å². The first-order valence-corrected chi connectivity index (χ1v) is 16.8. The number of hydrogen-bond donors (Lipinski definition) is 1. The zero-order chi connectivity index (χ0) is 35.9. The molecular formula is C32H25F2N5NaO9PS. The fourth-order valence-corrected chi connectivity index (χ4v) is 6.12. The molecule has 0 amide bonds. The first-order valence-electron chi connectivity index (χ1n) is 14.4. The van der Waals surface area contributed by atoms with Crippen molar-refractivity contribution < 1.29 is 81.0 Å². The van der Waals surface area contributed by atoms with E-state index in [4.69, 9.17) is 29.3 Å². The van der Waals surface area contributed by atoms with Crippen LogP contribution in [0.1, 0.15) is 44.9 Å². The molecule has 19 heteroatoms. The summed E-state index contributed by atoms with van der Waals surface area (Å²) in [6, 6.07) is 16.8. The fraction of sp³-hybridized carbons (Fsp3) is 0.188. The molecule has 258 valence electrons. The predicted octanol–water partition coefficient (Wildman–Crippen LogP) is 2.20. The van der Waals surface area contributed by atoms with Gasteiger partial charge in [0.2, 0.25) is 6.79 Å². The Morgan fingerprint density at radius 2 is 1.84 bits per heavy atom. The molecule has 0 aliphatic rings. The number of phosphoric ester groups is 1. The molecule has 0 aliphatic carbocycles. The van der Waals surface area contributed by atoms with Crippen LogP contribution in [0, 0.1) is 23.0 Å². The Balaban J connectivity index is 0.00000583. The number of benzene rings is 3. The van der Waals surface area contributed by atoms with Crippen LogP contribution < -0.4 is 34.5 Å². The molecule has 2 heterocycles. The molecule has 5 rings (SSSR count). The van der Waals surface area contributed by atoms with Crippen molar-refractivity contribution in [1.82, 2.24) is 19.7 Å². The van der Waals surface area contributed by atoms with E-state index in [0.29, 0.717) is 33.5 Å². The van der Waals surface area contributed by atoms with Crippen LogP contribution in [-0.2, 0) is 42.1 Å². The van der Waals surface area contributed by atoms with Crippen LogP contribution in [0.25, 0.3) is 11.3 Å². The summed E-state index contributed by atoms with van der Waals surface area (Å²) in [6.07, 6.45) is 1.15. The fourth-order valence-electron chi connectivity index (χ4n) is 4.84. The minimum Gasteiger partial charge on any atom is -0.756 e. The van der Waals surface area contributed by atoms with Crippen molar-refractivity contribution in [3.63, 3.8) is 0 Å². The number of hydrogen-bond acceptors (Lipinski definition) is 13. The van der Waals surface area contributed by atoms with Gasteiger partial charge in [-0.1, -0.05) is 31.2 Å². The monoisotopic (exact) mass is 747 g/mol. The van der Waals surface area contributed by atoms with Crippen molar-refractivity contribution in [3.8, 4) is 17.3 Å². The molecule has 2 aromatic heterocycles. The molecule has 0 spiro atoms. The second-order valence-corrected chi connectivity index (χ2v) is 12.7. The minimum atomic E-state index is -4.94. The third-order valence-electron chi connectivity index (χ3n) is 7.37. The Morgan fingerprint density at radius 3 is 2.47 bits per heavy atom. The van der Waals surface area contributed by atoms with Crippen LogP contribution in [-0.4, -0.2) is 43.6 Å². The summed E-state index contributed by atoms with van der Waals surface area (Å²) in [5.74, 6) is -3.76. The van der Waals surface area contributed by atoms with Gasteiger partial charge >= 0.3 is 41.7 Å². The maximum atomic E-state index is 15.6. The van der Waals surface area contributed by atoms with Crippen LogP contribution in [0.15, 0.2) is 84.8 Å². The van der Waals surface area contributed by atoms with Crippen molar-refractivity contribution in [1.29, 1.82) is 5.26 Å². The number of ether oxygens (including phenoxy) is 3. The maximum Gasteiger partial charge on any atom is 1.00 e. The van der Waals surface area contributed by atoms with Crippen LogP contribution in [0.5, 0.6) is 0 Å². The smallest absolute Gasteiger partial charge is 0.756 e. The average Bonchev–Trinajstić information content (AvgIpc) is 3.80. The van der Waals surface area contributed by atoms with Gasteiger partial charge in [-0.25, -0.2) is 33.0 Å². The number of rotatable bonds is 13. The molecule has 0 aliphatic heterocycles. The summed E-state index contributed by atoms with van der Waals surface area (Å²) in [4.78, 5) is 54.0. The van der Waals surface area contributed by atoms with E-state index in [0.717, 1.165) is 12.1 Å². The van der Waals surface area contributed by atoms with Crippen LogP contribution >= 0.6 is 19.2 Å². The van der Waals surface area contributed by atoms with E-state index < -0.39 is 56.5 Å². The summed E-state index contributed by atoms with van der Waals surface area (Å²) in [7, 11) is -4.94. The van der Waals surface area contributed by atoms with Crippen molar-refractivity contribution in [2.45, 2.75) is 31.6 Å². The quantitative estimate of drug-likeness (QED) is 0.0797. The molecule has 3 atom stereocenters. The van der Waals surface area contributed by atoms with Gasteiger partial charge < -0.3 is 28.5 Å². The third-order valence-corrected chi connectivity index (χ3v) is 8.85. The Labute approximate surface area is 315 Å². The van der Waals surface area contributed by atoms with Crippen LogP contribution in [0.3, 0.4) is 0 Å². The number of aromatic nitrogens is 4. The van der Waals surface area contributed by atoms with Gasteiger partial charge in [0.15, 0.2) is 5.60 Å². The van der Waals surface area contributed by atoms with E-state index in [2.05, 4.69) is 14.6 Å². The Morgan fingerprint density at radius 1 is 1.12 bits per heavy atom. The van der Waals surface area contributed by atoms with E-state index >= 15 is 4.39 Å². The molecular weight excluding hydrogens is 722 g/mol. The largest absolute Gasteiger partial charge is 1.00 e. The van der Waals surface area contributed by atoms with Gasteiger partial charge in [0.05, 0.1) is 42.0 Å². The molecule has 51 heavy (non-hydrogen) atoms. The Kier molecular flexibility index (Phi) is 13.3. The molecule has 1 N–H and O–H groups in total. The Hall–Kier alpha value is -4.37. The summed E-state index contributed by atoms with van der Waals surface area (Å²) < 4.78 is 62.1. The van der Waals surface area contributed by atoms with Crippen molar-refractivity contribution in [3.05, 3.63) is 124 Å². The van der Waals surface area contributed by atoms with Crippen LogP contribution in [0.4, 0.5) is 13.6 Å². The number of thiazole rings is 1. The zero-order valence-electron chi connectivity index (χ0n) is 26.8. The molecule has 0 bridgehead atoms. The summed E-state index contributed by atoms with van der Waals surface area (Å²) in [6.45, 7) is -0.0973. The first kappa shape index (κ1) is 39.4. The number of halogens is 2. The number of nitrogens with zero attached hydrogens (tertiary/aromatic N) is 5. The molecule has 0 saturated carbocycles. The van der Waals surface area contributed by atoms with Gasteiger partial charge in [-0.15, -0.1) is 11.3 Å². The molecule has 0 radical (unpaired) electrons. The molecule has 14 nitrogen and oxygen atoms in total. The number of phosphoric acid groups is 1. The van der Waals surface area contributed by atoms with Crippen molar-refractivity contribution in [2.75, 3.05) is 6.79 Å². The summed E-state index contributed by atoms with van der Waals surface area (Å²) in [5, 5.41) is 15.4. The Bertz CT molecular complexity index is 2060. The normalized spacial score (nSPS) is 13.8. The van der Waals surface area contributed by atoms with E-state index in [1.807, 2.05) is 6.07 Å². The SMILES string of the molecule is C[C@@H](c1nc(-c2ccc(C#N)cc2)cs1)C(Cn1cncn1)(OC(=O)OCOC(=O)c1ccc(COP(=O)([O-])O)cc1)c1ccc(F)cc1F.[Na+]. The standard InChI is InChI=1S/C32H26F2N5O9PS.Na/c1-20(29-38-28(15-50-29)23-6-2-21(13-35)3-7-23)32(16-39-18-36-17-37-39,26-11-10-25(33)12-27(26)34)48-31(41)46-19-45-30(40)24-8-4-22(5-9-24)14-47-49(42,43)44;/h2-12,15,17-18,20H,14,16,19H2,1H3,(H2,42,43,44);/q;+1/p-1/t20-,32?;/m0./s1. The molecule has 3 aromatic carbocycles. The predicted molar refractivity (Wildman–Crippen MR) is 168 cm³/mol. The van der Waals surface area contributed by atoms with E-state index in [-0.39, 0.29) is 47.2 Å². The topological polar surface area (TPSA) is 199 Å². The molecule has 0 saturated heterocycles. The second-order valence-electron chi connectivity index (χ2n) is 10.6. The second kappa shape index (κ2) is 17.2. The van der Waals surface area contributed by atoms with Crippen molar-refractivity contribution in [2.24, 2.45) is 0 Å². The van der Waals surface area contributed by atoms with Gasteiger partial charge in [-0.3, -0.25) is 4.57 Å². The van der Waals surface area contributed by atoms with Gasteiger partial charge in [-0.2, -0.15) is 10.4 Å². The number of nitriles is 1. The average molecular weight is 748 g/mol.